The molecule has 3 aliphatic rings. The van der Waals surface area contributed by atoms with Gasteiger partial charge in [-0.15, -0.1) is 11.3 Å². The highest BCUT2D eigenvalue weighted by Gasteiger charge is 2.44. The number of ether oxygens (including phenoxy) is 5. The summed E-state index contributed by atoms with van der Waals surface area (Å²) in [4.78, 5) is 88.5. The Morgan fingerprint density at radius 3 is 2.18 bits per heavy atom. The van der Waals surface area contributed by atoms with Crippen molar-refractivity contribution in [3.8, 4) is 16.2 Å². The Morgan fingerprint density at radius 1 is 0.852 bits per heavy atom. The number of carbonyl (C=O) groups is 5. The SMILES string of the molecule is C=CC(=O)Nc1cc2c(Nc3ccc(F)c(Cl)c3)ncnc2cc1OCCCN1CCC(N2CCN(C(=O)CCOCCOCCOCCOCCC(=O)N[C@H](C(=O)N3C[C@H](O)C[C@H]3C(=O)NCc3ccc(-c4scnc4C)cc3)C(C)(C)C)CC2)CC1. The lowest BCUT2D eigenvalue weighted by atomic mass is 9.85. The van der Waals surface area contributed by atoms with E-state index >= 15 is 0 Å². The fraction of sp³-hybridized carbons (Fsp3) is 0.524. The number of piperazine rings is 1. The van der Waals surface area contributed by atoms with E-state index in [9.17, 15) is 33.5 Å². The van der Waals surface area contributed by atoms with Gasteiger partial charge in [-0.25, -0.2) is 19.3 Å². The molecule has 5 heterocycles. The highest BCUT2D eigenvalue weighted by molar-refractivity contribution is 7.13. The number of hydrogen-bond acceptors (Lipinski definition) is 18. The minimum atomic E-state index is -0.942. The van der Waals surface area contributed by atoms with Gasteiger partial charge in [0.2, 0.25) is 29.5 Å². The third-order valence-corrected chi connectivity index (χ3v) is 17.0. The fourth-order valence-electron chi connectivity index (χ4n) is 10.9. The number of likely N-dealkylation sites (tertiary alicyclic amines) is 2. The second-order valence-corrected chi connectivity index (χ2v) is 24.4. The monoisotopic (exact) mass is 1260 g/mol. The predicted molar refractivity (Wildman–Crippen MR) is 335 cm³/mol. The molecule has 0 bridgehead atoms. The zero-order valence-corrected chi connectivity index (χ0v) is 52.3. The number of carbonyl (C=O) groups excluding carboxylic acids is 5. The number of nitrogens with zero attached hydrogens (tertiary/aromatic N) is 7. The second kappa shape index (κ2) is 33.2. The van der Waals surface area contributed by atoms with Crippen molar-refractivity contribution in [1.82, 2.24) is 45.2 Å². The van der Waals surface area contributed by atoms with Crippen molar-refractivity contribution < 1.29 is 57.2 Å². The molecule has 0 radical (unpaired) electrons. The number of hydrogen-bond donors (Lipinski definition) is 5. The summed E-state index contributed by atoms with van der Waals surface area (Å²) >= 11 is 7.57. The number of rotatable bonds is 31. The van der Waals surface area contributed by atoms with Crippen molar-refractivity contribution in [2.45, 2.75) is 97.0 Å². The van der Waals surface area contributed by atoms with Crippen LogP contribution in [0.1, 0.15) is 70.6 Å². The van der Waals surface area contributed by atoms with Crippen LogP contribution in [0, 0.1) is 18.2 Å². The summed E-state index contributed by atoms with van der Waals surface area (Å²) < 4.78 is 42.6. The molecule has 0 saturated carbocycles. The van der Waals surface area contributed by atoms with Crippen LogP contribution in [0.4, 0.5) is 21.6 Å². The molecule has 8 rings (SSSR count). The van der Waals surface area contributed by atoms with Crippen molar-refractivity contribution >= 4 is 80.6 Å². The number of aryl methyl sites for hydroxylation is 1. The topological polar surface area (TPSA) is 251 Å². The zero-order valence-electron chi connectivity index (χ0n) is 50.7. The van der Waals surface area contributed by atoms with Gasteiger partial charge in [-0.05, 0) is 86.2 Å². The summed E-state index contributed by atoms with van der Waals surface area (Å²) in [6, 6.07) is 14.3. The Bertz CT molecular complexity index is 3140. The Kier molecular flexibility index (Phi) is 25.3. The van der Waals surface area contributed by atoms with Crippen LogP contribution in [0.2, 0.25) is 5.02 Å². The number of β-amino-alcohol motifs (C(OH)–C–C–N with tert-alkyl or cyclic N) is 1. The smallest absolute Gasteiger partial charge is 0.247 e. The molecule has 3 atom stereocenters. The maximum atomic E-state index is 14.0. The molecule has 0 unspecified atom stereocenters. The average molecular weight is 1260 g/mol. The van der Waals surface area contributed by atoms with Crippen LogP contribution >= 0.6 is 22.9 Å². The first kappa shape index (κ1) is 67.2. The van der Waals surface area contributed by atoms with E-state index in [4.69, 9.17) is 35.3 Å². The van der Waals surface area contributed by atoms with Crippen LogP contribution in [0.5, 0.6) is 5.75 Å². The number of aromatic nitrogens is 3. The Morgan fingerprint density at radius 2 is 1.53 bits per heavy atom. The number of piperidine rings is 1. The van der Waals surface area contributed by atoms with Gasteiger partial charge in [0.05, 0.1) is 104 Å². The normalized spacial score (nSPS) is 17.2. The number of aliphatic hydroxyl groups is 1. The quantitative estimate of drug-likeness (QED) is 0.0227. The van der Waals surface area contributed by atoms with Crippen LogP contribution in [0.25, 0.3) is 21.3 Å². The number of aliphatic hydroxyl groups excluding tert-OH is 1. The highest BCUT2D eigenvalue weighted by atomic mass is 35.5. The number of fused-ring (bicyclic) bond motifs is 1. The van der Waals surface area contributed by atoms with Gasteiger partial charge in [0.25, 0.3) is 0 Å². The molecule has 3 aliphatic heterocycles. The first-order valence-electron chi connectivity index (χ1n) is 30.1. The Balaban J connectivity index is 0.621. The molecule has 3 aromatic carbocycles. The molecule has 3 fully saturated rings. The fourth-order valence-corrected chi connectivity index (χ4v) is 11.9. The van der Waals surface area contributed by atoms with Gasteiger partial charge in [-0.2, -0.15) is 0 Å². The van der Waals surface area contributed by atoms with E-state index in [0.29, 0.717) is 106 Å². The molecule has 5 amide bonds. The van der Waals surface area contributed by atoms with Gasteiger partial charge in [0.15, 0.2) is 0 Å². The Labute approximate surface area is 522 Å². The lowest BCUT2D eigenvalue weighted by molar-refractivity contribution is -0.144. The summed E-state index contributed by atoms with van der Waals surface area (Å²) in [5, 5.41) is 22.9. The van der Waals surface area contributed by atoms with Crippen molar-refractivity contribution in [1.29, 1.82) is 0 Å². The lowest BCUT2D eigenvalue weighted by Crippen LogP contribution is -2.57. The second-order valence-electron chi connectivity index (χ2n) is 23.1. The maximum Gasteiger partial charge on any atom is 0.247 e. The molecule has 0 spiro atoms. The first-order chi connectivity index (χ1) is 42.4. The minimum Gasteiger partial charge on any atom is -0.491 e. The molecular formula is C63H83ClFN11O11S. The molecule has 3 saturated heterocycles. The van der Waals surface area contributed by atoms with Crippen LogP contribution in [-0.4, -0.2) is 205 Å². The summed E-state index contributed by atoms with van der Waals surface area (Å²) in [5.74, 6) is -1.10. The summed E-state index contributed by atoms with van der Waals surface area (Å²) in [6.07, 6.45) is 5.03. The van der Waals surface area contributed by atoms with Crippen LogP contribution in [0.3, 0.4) is 0 Å². The van der Waals surface area contributed by atoms with E-state index in [1.54, 1.807) is 29.5 Å². The molecular weight excluding hydrogens is 1170 g/mol. The molecule has 476 valence electrons. The molecule has 5 aromatic rings. The van der Waals surface area contributed by atoms with E-state index in [0.717, 1.165) is 73.7 Å². The molecule has 22 nitrogen and oxygen atoms in total. The van der Waals surface area contributed by atoms with Gasteiger partial charge in [-0.3, -0.25) is 28.9 Å². The average Bonchev–Trinajstić information content (AvgIpc) is 1.74. The predicted octanol–water partition coefficient (Wildman–Crippen LogP) is 6.76. The number of halogens is 2. The molecule has 88 heavy (non-hydrogen) atoms. The van der Waals surface area contributed by atoms with Gasteiger partial charge < -0.3 is 64.8 Å². The largest absolute Gasteiger partial charge is 0.491 e. The van der Waals surface area contributed by atoms with E-state index in [2.05, 4.69) is 52.6 Å². The van der Waals surface area contributed by atoms with E-state index < -0.39 is 41.2 Å². The summed E-state index contributed by atoms with van der Waals surface area (Å²) in [6.45, 7) is 20.0. The first-order valence-corrected chi connectivity index (χ1v) is 31.4. The number of thiazole rings is 1. The zero-order chi connectivity index (χ0) is 62.6. The molecule has 2 aromatic heterocycles. The number of nitrogens with one attached hydrogen (secondary N) is 4. The third kappa shape index (κ3) is 19.6. The van der Waals surface area contributed by atoms with Crippen molar-refractivity contribution in [3.05, 3.63) is 101 Å². The van der Waals surface area contributed by atoms with Crippen LogP contribution < -0.4 is 26.0 Å². The van der Waals surface area contributed by atoms with Crippen molar-refractivity contribution in [2.24, 2.45) is 5.41 Å². The number of anilines is 3. The molecule has 25 heteroatoms. The van der Waals surface area contributed by atoms with Gasteiger partial charge in [-0.1, -0.05) is 63.2 Å². The standard InChI is InChI=1S/C63H83ClFN11O11S/c1-6-55(78)71-52-36-48-51(67-40-68-60(48)70-45-12-13-50(65)49(64)34-45)37-54(52)87-25-7-18-73-19-14-46(15-20-73)74-21-23-75(24-22-74)57(80)17-27-84-29-31-86-33-32-85-30-28-83-26-16-56(79)72-59(63(3,4)5)62(82)76-39-47(77)35-53(76)61(81)66-38-43-8-10-44(11-9-43)58-42(2)69-41-88-58/h6,8-13,34,36-37,40-41,46-47,53,59,77H,1,7,14-33,35,38-39H2,2-5H3,(H,66,81)(H,71,78)(H,72,79)(H,67,68,70)/t47-,53+,59-/m1/s1. The summed E-state index contributed by atoms with van der Waals surface area (Å²) in [7, 11) is 0. The lowest BCUT2D eigenvalue weighted by Gasteiger charge is -2.42. The van der Waals surface area contributed by atoms with Gasteiger partial charge in [0, 0.05) is 81.8 Å². The van der Waals surface area contributed by atoms with Gasteiger partial charge >= 0.3 is 0 Å². The third-order valence-electron chi connectivity index (χ3n) is 15.7. The number of benzene rings is 3. The highest BCUT2D eigenvalue weighted by Crippen LogP contribution is 2.35. The van der Waals surface area contributed by atoms with Crippen LogP contribution in [-0.2, 0) is 49.5 Å². The van der Waals surface area contributed by atoms with Crippen molar-refractivity contribution in [3.63, 3.8) is 0 Å². The van der Waals surface area contributed by atoms with Gasteiger partial charge in [0.1, 0.15) is 35.8 Å². The van der Waals surface area contributed by atoms with E-state index in [1.165, 1.54) is 29.4 Å². The number of amides is 5. The van der Waals surface area contributed by atoms with E-state index in [1.807, 2.05) is 62.4 Å². The molecule has 0 aliphatic carbocycles. The van der Waals surface area contributed by atoms with Crippen molar-refractivity contribution in [2.75, 3.05) is 122 Å². The van der Waals surface area contributed by atoms with E-state index in [-0.39, 0.29) is 61.9 Å². The summed E-state index contributed by atoms with van der Waals surface area (Å²) in [5.41, 5.74) is 5.58. The minimum absolute atomic E-state index is 0.0142. The Hall–Kier alpha value is -6.74. The molecule has 5 N–H and O–H groups in total. The van der Waals surface area contributed by atoms with Crippen LogP contribution in [0.15, 0.2) is 79.1 Å². The maximum absolute atomic E-state index is 14.0.